The Labute approximate surface area is 139 Å². The smallest absolute Gasteiger partial charge is 0.257 e. The summed E-state index contributed by atoms with van der Waals surface area (Å²) in [5.74, 6) is 0.530. The van der Waals surface area contributed by atoms with Crippen molar-refractivity contribution in [1.82, 2.24) is 10.3 Å². The molecule has 0 aliphatic rings. The van der Waals surface area contributed by atoms with Crippen molar-refractivity contribution in [3.05, 3.63) is 34.8 Å². The van der Waals surface area contributed by atoms with E-state index in [0.29, 0.717) is 17.2 Å². The van der Waals surface area contributed by atoms with Crippen LogP contribution in [0.2, 0.25) is 0 Å². The predicted octanol–water partition coefficient (Wildman–Crippen LogP) is 3.23. The van der Waals surface area contributed by atoms with Crippen molar-refractivity contribution in [2.75, 3.05) is 13.2 Å². The van der Waals surface area contributed by atoms with Gasteiger partial charge in [0.1, 0.15) is 10.8 Å². The Morgan fingerprint density at radius 2 is 1.96 bits per heavy atom. The van der Waals surface area contributed by atoms with E-state index in [4.69, 9.17) is 4.74 Å². The van der Waals surface area contributed by atoms with Crippen LogP contribution in [0.1, 0.15) is 35.6 Å². The van der Waals surface area contributed by atoms with Crippen LogP contribution in [-0.4, -0.2) is 29.8 Å². The molecule has 0 atom stereocenters. The van der Waals surface area contributed by atoms with Crippen LogP contribution in [0.15, 0.2) is 24.3 Å². The van der Waals surface area contributed by atoms with E-state index in [-0.39, 0.29) is 18.3 Å². The summed E-state index contributed by atoms with van der Waals surface area (Å²) in [6.45, 7) is 6.04. The van der Waals surface area contributed by atoms with Crippen molar-refractivity contribution in [1.29, 1.82) is 0 Å². The Morgan fingerprint density at radius 3 is 2.52 bits per heavy atom. The highest BCUT2D eigenvalue weighted by atomic mass is 32.1. The van der Waals surface area contributed by atoms with E-state index in [2.05, 4.69) is 10.3 Å². The van der Waals surface area contributed by atoms with Crippen molar-refractivity contribution < 1.29 is 14.3 Å². The van der Waals surface area contributed by atoms with Gasteiger partial charge >= 0.3 is 0 Å². The molecule has 0 radical (unpaired) electrons. The monoisotopic (exact) mass is 332 g/mol. The summed E-state index contributed by atoms with van der Waals surface area (Å²) in [5.41, 5.74) is 1.68. The maximum atomic E-state index is 11.5. The van der Waals surface area contributed by atoms with Gasteiger partial charge in [0.05, 0.1) is 10.6 Å². The van der Waals surface area contributed by atoms with Crippen molar-refractivity contribution in [2.24, 2.45) is 0 Å². The van der Waals surface area contributed by atoms with Gasteiger partial charge in [0.2, 0.25) is 0 Å². The summed E-state index contributed by atoms with van der Waals surface area (Å²) in [7, 11) is 0. The lowest BCUT2D eigenvalue weighted by Crippen LogP contribution is -2.29. The third kappa shape index (κ3) is 4.63. The first-order valence-corrected chi connectivity index (χ1v) is 8.31. The molecule has 1 aromatic heterocycles. The molecule has 2 aromatic rings. The fraction of sp³-hybridized carbons (Fsp3) is 0.353. The summed E-state index contributed by atoms with van der Waals surface area (Å²) < 4.78 is 5.44. The van der Waals surface area contributed by atoms with Crippen LogP contribution in [0.3, 0.4) is 0 Å². The number of amides is 1. The number of hydrogen-bond acceptors (Lipinski definition) is 5. The number of Topliss-reactive ketones (excluding diaryl/α,β-unsaturated/α-hetero) is 1. The minimum atomic E-state index is -0.127. The first-order chi connectivity index (χ1) is 11.0. The molecule has 122 valence electrons. The van der Waals surface area contributed by atoms with Gasteiger partial charge in [0.25, 0.3) is 5.91 Å². The Kier molecular flexibility index (Phi) is 5.87. The van der Waals surface area contributed by atoms with Gasteiger partial charge < -0.3 is 10.1 Å². The number of carbonyl (C=O) groups is 2. The van der Waals surface area contributed by atoms with Crippen molar-refractivity contribution in [3.8, 4) is 16.3 Å². The number of nitrogens with zero attached hydrogens (tertiary/aromatic N) is 1. The highest BCUT2D eigenvalue weighted by Gasteiger charge is 2.12. The number of hydrogen-bond donors (Lipinski definition) is 1. The third-order valence-electron chi connectivity index (χ3n) is 3.16. The molecule has 1 amide bonds. The molecule has 0 aliphatic carbocycles. The van der Waals surface area contributed by atoms with Crippen LogP contribution in [0.25, 0.3) is 10.6 Å². The van der Waals surface area contributed by atoms with E-state index >= 15 is 0 Å². The maximum Gasteiger partial charge on any atom is 0.257 e. The van der Waals surface area contributed by atoms with Gasteiger partial charge in [-0.25, -0.2) is 4.98 Å². The first kappa shape index (κ1) is 17.1. The van der Waals surface area contributed by atoms with E-state index in [1.807, 2.05) is 26.0 Å². The highest BCUT2D eigenvalue weighted by Crippen LogP contribution is 2.29. The molecular formula is C17H20N2O3S. The molecule has 6 heteroatoms. The predicted molar refractivity (Wildman–Crippen MR) is 91.1 cm³/mol. The lowest BCUT2D eigenvalue weighted by Gasteiger charge is -2.07. The number of aromatic nitrogens is 1. The van der Waals surface area contributed by atoms with Crippen molar-refractivity contribution in [2.45, 2.75) is 27.2 Å². The number of benzene rings is 1. The number of thiazole rings is 1. The third-order valence-corrected chi connectivity index (χ3v) is 4.47. The van der Waals surface area contributed by atoms with Gasteiger partial charge in [0.15, 0.2) is 12.4 Å². The Bertz CT molecular complexity index is 692. The van der Waals surface area contributed by atoms with E-state index in [1.165, 1.54) is 11.3 Å². The lowest BCUT2D eigenvalue weighted by atomic mass is 10.2. The van der Waals surface area contributed by atoms with E-state index in [1.54, 1.807) is 19.1 Å². The lowest BCUT2D eigenvalue weighted by molar-refractivity contribution is -0.123. The van der Waals surface area contributed by atoms with Gasteiger partial charge in [-0.1, -0.05) is 6.92 Å². The zero-order valence-corrected chi connectivity index (χ0v) is 14.3. The average Bonchev–Trinajstić information content (AvgIpc) is 2.93. The Balaban J connectivity index is 2.01. The fourth-order valence-corrected chi connectivity index (χ4v) is 2.97. The van der Waals surface area contributed by atoms with Crippen LogP contribution in [0.4, 0.5) is 0 Å². The molecule has 1 heterocycles. The van der Waals surface area contributed by atoms with Crippen LogP contribution in [-0.2, 0) is 4.79 Å². The number of ether oxygens (including phenoxy) is 1. The number of rotatable bonds is 7. The molecule has 0 bridgehead atoms. The molecular weight excluding hydrogens is 312 g/mol. The van der Waals surface area contributed by atoms with Gasteiger partial charge in [-0.05, 0) is 37.6 Å². The van der Waals surface area contributed by atoms with Gasteiger partial charge in [-0.2, -0.15) is 0 Å². The minimum Gasteiger partial charge on any atom is -0.484 e. The molecule has 2 rings (SSSR count). The second-order valence-electron chi connectivity index (χ2n) is 5.15. The standard InChI is InChI=1S/C17H20N2O3S/c1-4-9-18-15(21)10-22-14-7-5-13(6-8-14)17-19-11(2)16(23-17)12(3)20/h5-8H,4,9-10H2,1-3H3,(H,18,21). The molecule has 0 saturated heterocycles. The summed E-state index contributed by atoms with van der Waals surface area (Å²) in [6, 6.07) is 7.35. The largest absolute Gasteiger partial charge is 0.484 e. The van der Waals surface area contributed by atoms with E-state index in [9.17, 15) is 9.59 Å². The van der Waals surface area contributed by atoms with Gasteiger partial charge in [-0.3, -0.25) is 9.59 Å². The average molecular weight is 332 g/mol. The molecule has 0 saturated carbocycles. The fourth-order valence-electron chi connectivity index (χ4n) is 2.00. The van der Waals surface area contributed by atoms with Gasteiger partial charge in [0, 0.05) is 19.0 Å². The van der Waals surface area contributed by atoms with E-state index < -0.39 is 0 Å². The Morgan fingerprint density at radius 1 is 1.26 bits per heavy atom. The van der Waals surface area contributed by atoms with E-state index in [0.717, 1.165) is 22.7 Å². The summed E-state index contributed by atoms with van der Waals surface area (Å²) in [5, 5.41) is 3.56. The molecule has 23 heavy (non-hydrogen) atoms. The second kappa shape index (κ2) is 7.87. The number of carbonyl (C=O) groups excluding carboxylic acids is 2. The normalized spacial score (nSPS) is 10.4. The number of nitrogens with one attached hydrogen (secondary N) is 1. The van der Waals surface area contributed by atoms with Crippen LogP contribution >= 0.6 is 11.3 Å². The molecule has 0 aliphatic heterocycles. The molecule has 1 N–H and O–H groups in total. The Hall–Kier alpha value is -2.21. The number of ketones is 1. The summed E-state index contributed by atoms with van der Waals surface area (Å²) in [6.07, 6.45) is 0.899. The van der Waals surface area contributed by atoms with Crippen LogP contribution in [0.5, 0.6) is 5.75 Å². The maximum absolute atomic E-state index is 11.5. The molecule has 0 unspecified atom stereocenters. The first-order valence-electron chi connectivity index (χ1n) is 7.49. The summed E-state index contributed by atoms with van der Waals surface area (Å²) in [4.78, 5) is 28.1. The second-order valence-corrected chi connectivity index (χ2v) is 6.15. The minimum absolute atomic E-state index is 0.00416. The van der Waals surface area contributed by atoms with Crippen molar-refractivity contribution in [3.63, 3.8) is 0 Å². The quantitative estimate of drug-likeness (QED) is 0.791. The van der Waals surface area contributed by atoms with Crippen LogP contribution < -0.4 is 10.1 Å². The topological polar surface area (TPSA) is 68.3 Å². The van der Waals surface area contributed by atoms with Crippen molar-refractivity contribution >= 4 is 23.0 Å². The molecule has 0 fully saturated rings. The molecule has 5 nitrogen and oxygen atoms in total. The highest BCUT2D eigenvalue weighted by molar-refractivity contribution is 7.17. The summed E-state index contributed by atoms with van der Waals surface area (Å²) >= 11 is 1.39. The molecule has 1 aromatic carbocycles. The molecule has 0 spiro atoms. The van der Waals surface area contributed by atoms with Crippen LogP contribution in [0, 0.1) is 6.92 Å². The zero-order chi connectivity index (χ0) is 16.8. The SMILES string of the molecule is CCCNC(=O)COc1ccc(-c2nc(C)c(C(C)=O)s2)cc1. The number of aryl methyl sites for hydroxylation is 1. The zero-order valence-electron chi connectivity index (χ0n) is 13.5. The van der Waals surface area contributed by atoms with Gasteiger partial charge in [-0.15, -0.1) is 11.3 Å².